The van der Waals surface area contributed by atoms with Crippen LogP contribution in [0.15, 0.2) is 41.7 Å². The Labute approximate surface area is 157 Å². The maximum absolute atomic E-state index is 13.0. The number of piperazine rings is 1. The topological polar surface area (TPSA) is 110 Å². The van der Waals surface area contributed by atoms with Crippen LogP contribution >= 0.6 is 0 Å². The molecule has 10 heteroatoms. The number of rotatable bonds is 4. The van der Waals surface area contributed by atoms with E-state index in [0.29, 0.717) is 24.3 Å². The fourth-order valence-corrected chi connectivity index (χ4v) is 4.64. The molecule has 0 spiro atoms. The van der Waals surface area contributed by atoms with Crippen LogP contribution in [0.1, 0.15) is 6.92 Å². The standard InChI is InChI=1S/C17H21N7O2S/c1-2-22-5-7-23(8-6-22)27(25,26)15-9-14(10-19-11-15)13-3-4-16-20-17(18)21-24(16)12-13/h3-4,9-12H,2,5-8H2,1H3,(H2,18,21). The Morgan fingerprint density at radius 2 is 1.89 bits per heavy atom. The molecule has 0 bridgehead atoms. The fraction of sp³-hybridized carbons (Fsp3) is 0.353. The number of sulfonamides is 1. The first-order chi connectivity index (χ1) is 13.0. The smallest absolute Gasteiger partial charge is 0.244 e. The molecular formula is C17H21N7O2S. The average molecular weight is 387 g/mol. The van der Waals surface area contributed by atoms with E-state index in [0.717, 1.165) is 25.2 Å². The van der Waals surface area contributed by atoms with Crippen LogP contribution in [0.5, 0.6) is 0 Å². The van der Waals surface area contributed by atoms with Crippen molar-refractivity contribution in [3.8, 4) is 11.1 Å². The lowest BCUT2D eigenvalue weighted by atomic mass is 10.1. The van der Waals surface area contributed by atoms with Gasteiger partial charge in [-0.3, -0.25) is 4.98 Å². The van der Waals surface area contributed by atoms with Gasteiger partial charge in [-0.2, -0.15) is 9.29 Å². The molecular weight excluding hydrogens is 366 g/mol. The number of hydrogen-bond donors (Lipinski definition) is 1. The van der Waals surface area contributed by atoms with E-state index in [9.17, 15) is 8.42 Å². The lowest BCUT2D eigenvalue weighted by Crippen LogP contribution is -2.48. The zero-order valence-electron chi connectivity index (χ0n) is 15.0. The van der Waals surface area contributed by atoms with Gasteiger partial charge in [0.2, 0.25) is 16.0 Å². The van der Waals surface area contributed by atoms with Gasteiger partial charge in [-0.05, 0) is 24.7 Å². The minimum atomic E-state index is -3.57. The number of likely N-dealkylation sites (N-methyl/N-ethyl adjacent to an activating group) is 1. The number of aromatic nitrogens is 4. The van der Waals surface area contributed by atoms with Crippen molar-refractivity contribution in [1.29, 1.82) is 0 Å². The molecule has 0 saturated carbocycles. The second-order valence-corrected chi connectivity index (χ2v) is 8.38. The van der Waals surface area contributed by atoms with Gasteiger partial charge in [0.05, 0.1) is 0 Å². The molecule has 9 nitrogen and oxygen atoms in total. The van der Waals surface area contributed by atoms with Crippen molar-refractivity contribution in [1.82, 2.24) is 28.8 Å². The number of anilines is 1. The molecule has 0 aromatic carbocycles. The highest BCUT2D eigenvalue weighted by atomic mass is 32.2. The van der Waals surface area contributed by atoms with Crippen LogP contribution in [-0.2, 0) is 10.0 Å². The Bertz CT molecular complexity index is 1070. The van der Waals surface area contributed by atoms with E-state index in [4.69, 9.17) is 5.73 Å². The lowest BCUT2D eigenvalue weighted by molar-refractivity contribution is 0.196. The molecule has 2 N–H and O–H groups in total. The fourth-order valence-electron chi connectivity index (χ4n) is 3.22. The SMILES string of the molecule is CCN1CCN(S(=O)(=O)c2cncc(-c3ccc4nc(N)nn4c3)c2)CC1. The minimum Gasteiger partial charge on any atom is -0.366 e. The van der Waals surface area contributed by atoms with Crippen molar-refractivity contribution in [2.75, 3.05) is 38.5 Å². The summed E-state index contributed by atoms with van der Waals surface area (Å²) in [5, 5.41) is 4.09. The summed E-state index contributed by atoms with van der Waals surface area (Å²) in [6.07, 6.45) is 4.79. The van der Waals surface area contributed by atoms with E-state index in [1.165, 1.54) is 10.5 Å². The molecule has 0 atom stereocenters. The molecule has 0 aliphatic carbocycles. The highest BCUT2D eigenvalue weighted by molar-refractivity contribution is 7.89. The molecule has 1 saturated heterocycles. The summed E-state index contributed by atoms with van der Waals surface area (Å²) in [5.41, 5.74) is 7.72. The Kier molecular flexibility index (Phi) is 4.54. The molecule has 1 aliphatic rings. The van der Waals surface area contributed by atoms with Gasteiger partial charge in [-0.1, -0.05) is 6.92 Å². The van der Waals surface area contributed by atoms with Crippen molar-refractivity contribution >= 4 is 21.6 Å². The van der Waals surface area contributed by atoms with E-state index in [2.05, 4.69) is 26.9 Å². The van der Waals surface area contributed by atoms with Crippen LogP contribution in [0.3, 0.4) is 0 Å². The van der Waals surface area contributed by atoms with Gasteiger partial charge in [-0.25, -0.2) is 12.9 Å². The van der Waals surface area contributed by atoms with Gasteiger partial charge in [0.25, 0.3) is 0 Å². The van der Waals surface area contributed by atoms with Gasteiger partial charge >= 0.3 is 0 Å². The number of fused-ring (bicyclic) bond motifs is 1. The quantitative estimate of drug-likeness (QED) is 0.702. The highest BCUT2D eigenvalue weighted by Gasteiger charge is 2.28. The minimum absolute atomic E-state index is 0.188. The van der Waals surface area contributed by atoms with Gasteiger partial charge in [-0.15, -0.1) is 5.10 Å². The van der Waals surface area contributed by atoms with Crippen LogP contribution < -0.4 is 5.73 Å². The predicted molar refractivity (Wildman–Crippen MR) is 102 cm³/mol. The number of hydrogen-bond acceptors (Lipinski definition) is 7. The zero-order chi connectivity index (χ0) is 19.0. The van der Waals surface area contributed by atoms with E-state index >= 15 is 0 Å². The summed E-state index contributed by atoms with van der Waals surface area (Å²) in [5.74, 6) is 0.188. The van der Waals surface area contributed by atoms with E-state index in [1.54, 1.807) is 29.0 Å². The maximum Gasteiger partial charge on any atom is 0.244 e. The first-order valence-corrected chi connectivity index (χ1v) is 10.2. The summed E-state index contributed by atoms with van der Waals surface area (Å²) >= 11 is 0. The Hall–Kier alpha value is -2.56. The van der Waals surface area contributed by atoms with Crippen molar-refractivity contribution in [3.05, 3.63) is 36.8 Å². The first kappa shape index (κ1) is 17.8. The predicted octanol–water partition coefficient (Wildman–Crippen LogP) is 0.700. The van der Waals surface area contributed by atoms with E-state index < -0.39 is 10.0 Å². The van der Waals surface area contributed by atoms with Crippen molar-refractivity contribution in [2.45, 2.75) is 11.8 Å². The summed E-state index contributed by atoms with van der Waals surface area (Å²) in [7, 11) is -3.57. The molecule has 3 aromatic heterocycles. The second-order valence-electron chi connectivity index (χ2n) is 6.44. The largest absolute Gasteiger partial charge is 0.366 e. The monoisotopic (exact) mass is 387 g/mol. The molecule has 4 rings (SSSR count). The third kappa shape index (κ3) is 3.38. The molecule has 1 aliphatic heterocycles. The molecule has 0 amide bonds. The summed E-state index contributed by atoms with van der Waals surface area (Å²) in [6, 6.07) is 5.27. The summed E-state index contributed by atoms with van der Waals surface area (Å²) in [6.45, 7) is 5.48. The van der Waals surface area contributed by atoms with Gasteiger partial charge in [0, 0.05) is 55.9 Å². The van der Waals surface area contributed by atoms with E-state index in [1.807, 2.05) is 6.07 Å². The van der Waals surface area contributed by atoms with E-state index in [-0.39, 0.29) is 10.8 Å². The number of pyridine rings is 2. The molecule has 27 heavy (non-hydrogen) atoms. The van der Waals surface area contributed by atoms with Crippen molar-refractivity contribution < 1.29 is 8.42 Å². The molecule has 0 radical (unpaired) electrons. The Morgan fingerprint density at radius 1 is 1.11 bits per heavy atom. The van der Waals surface area contributed by atoms with Crippen LogP contribution in [-0.4, -0.2) is 69.9 Å². The lowest BCUT2D eigenvalue weighted by Gasteiger charge is -2.33. The van der Waals surface area contributed by atoms with Crippen molar-refractivity contribution in [2.24, 2.45) is 0 Å². The number of nitrogen functional groups attached to an aromatic ring is 1. The van der Waals surface area contributed by atoms with Gasteiger partial charge in [0.1, 0.15) is 4.90 Å². The molecule has 142 valence electrons. The molecule has 0 unspecified atom stereocenters. The third-order valence-corrected chi connectivity index (χ3v) is 6.67. The normalized spacial score (nSPS) is 16.8. The second kappa shape index (κ2) is 6.87. The Balaban J connectivity index is 1.65. The van der Waals surface area contributed by atoms with Gasteiger partial charge < -0.3 is 10.6 Å². The van der Waals surface area contributed by atoms with Gasteiger partial charge in [0.15, 0.2) is 5.65 Å². The molecule has 3 aromatic rings. The Morgan fingerprint density at radius 3 is 2.63 bits per heavy atom. The summed E-state index contributed by atoms with van der Waals surface area (Å²) in [4.78, 5) is 10.7. The number of nitrogens with zero attached hydrogens (tertiary/aromatic N) is 6. The van der Waals surface area contributed by atoms with Crippen LogP contribution in [0.2, 0.25) is 0 Å². The first-order valence-electron chi connectivity index (χ1n) is 8.77. The van der Waals surface area contributed by atoms with Crippen LogP contribution in [0, 0.1) is 0 Å². The molecule has 4 heterocycles. The van der Waals surface area contributed by atoms with Crippen LogP contribution in [0.25, 0.3) is 16.8 Å². The zero-order valence-corrected chi connectivity index (χ0v) is 15.8. The highest BCUT2D eigenvalue weighted by Crippen LogP contribution is 2.24. The molecule has 1 fully saturated rings. The maximum atomic E-state index is 13.0. The summed E-state index contributed by atoms with van der Waals surface area (Å²) < 4.78 is 29.1. The van der Waals surface area contributed by atoms with Crippen molar-refractivity contribution in [3.63, 3.8) is 0 Å². The number of nitrogens with two attached hydrogens (primary N) is 1. The van der Waals surface area contributed by atoms with Crippen LogP contribution in [0.4, 0.5) is 5.95 Å². The third-order valence-electron chi connectivity index (χ3n) is 4.81. The average Bonchev–Trinajstić information content (AvgIpc) is 3.07.